The Balaban J connectivity index is 1.64. The number of carbonyl (C=O) groups excluding carboxylic acids is 1. The van der Waals surface area contributed by atoms with Crippen LogP contribution < -0.4 is 25.4 Å². The first kappa shape index (κ1) is 41.1. The Morgan fingerprint density at radius 2 is 1.66 bits per heavy atom. The molecule has 0 saturated carbocycles. The Morgan fingerprint density at radius 1 is 0.964 bits per heavy atom. The molecular weight excluding hydrogens is 755 g/mol. The Labute approximate surface area is 328 Å². The highest BCUT2D eigenvalue weighted by Crippen LogP contribution is 2.51. The van der Waals surface area contributed by atoms with E-state index < -0.39 is 42.3 Å². The Bertz CT molecular complexity index is 2540. The lowest BCUT2D eigenvalue weighted by molar-refractivity contribution is -0.120. The van der Waals surface area contributed by atoms with Gasteiger partial charge in [-0.25, -0.2) is 26.4 Å². The van der Waals surface area contributed by atoms with E-state index in [1.165, 1.54) is 6.07 Å². The Morgan fingerprint density at radius 3 is 2.34 bits per heavy atom. The first-order valence-electron chi connectivity index (χ1n) is 18.8. The van der Waals surface area contributed by atoms with Gasteiger partial charge in [-0.2, -0.15) is 0 Å². The molecule has 0 radical (unpaired) electrons. The maximum absolute atomic E-state index is 14.8. The molecular formula is C42H48N3O9S2-. The van der Waals surface area contributed by atoms with Gasteiger partial charge in [0.2, 0.25) is 15.9 Å². The number of fused-ring (bicyclic) bond motifs is 4. The summed E-state index contributed by atoms with van der Waals surface area (Å²) in [7, 11) is -9.74. The number of amides is 1. The molecule has 3 aromatic carbocycles. The minimum atomic E-state index is -5.32. The van der Waals surface area contributed by atoms with Crippen molar-refractivity contribution in [1.82, 2.24) is 10.0 Å². The number of hydrogen-bond donors (Lipinski definition) is 3. The lowest BCUT2D eigenvalue weighted by Gasteiger charge is -2.38. The molecule has 2 unspecified atom stereocenters. The van der Waals surface area contributed by atoms with Gasteiger partial charge >= 0.3 is 5.97 Å². The van der Waals surface area contributed by atoms with Gasteiger partial charge in [-0.1, -0.05) is 58.2 Å². The normalized spacial score (nSPS) is 19.2. The largest absolute Gasteiger partial charge is 0.744 e. The maximum Gasteiger partial charge on any atom is 0.336 e. The van der Waals surface area contributed by atoms with Gasteiger partial charge < -0.3 is 19.7 Å². The van der Waals surface area contributed by atoms with Crippen LogP contribution in [-0.4, -0.2) is 57.0 Å². The highest BCUT2D eigenvalue weighted by atomic mass is 32.2. The van der Waals surface area contributed by atoms with Gasteiger partial charge in [-0.15, -0.1) is 6.42 Å². The third kappa shape index (κ3) is 8.00. The zero-order valence-corrected chi connectivity index (χ0v) is 34.2. The smallest absolute Gasteiger partial charge is 0.336 e. The molecule has 298 valence electrons. The van der Waals surface area contributed by atoms with Crippen molar-refractivity contribution in [2.45, 2.75) is 114 Å². The average Bonchev–Trinajstić information content (AvgIpc) is 3.08. The molecule has 3 N–H and O–H groups in total. The molecule has 0 saturated heterocycles. The van der Waals surface area contributed by atoms with E-state index in [9.17, 15) is 36.1 Å². The summed E-state index contributed by atoms with van der Waals surface area (Å²) in [6.45, 7) is 11.9. The second-order valence-electron chi connectivity index (χ2n) is 16.6. The van der Waals surface area contributed by atoms with Gasteiger partial charge in [-0.05, 0) is 104 Å². The van der Waals surface area contributed by atoms with Crippen molar-refractivity contribution in [2.24, 2.45) is 10.4 Å². The molecule has 3 aliphatic rings. The molecule has 0 aromatic heterocycles. The molecule has 2 aliphatic heterocycles. The first-order chi connectivity index (χ1) is 26.2. The highest BCUT2D eigenvalue weighted by molar-refractivity contribution is 7.89. The summed E-state index contributed by atoms with van der Waals surface area (Å²) < 4.78 is 79.1. The second-order valence-corrected chi connectivity index (χ2v) is 19.6. The summed E-state index contributed by atoms with van der Waals surface area (Å²) in [6, 6.07) is 9.78. The van der Waals surface area contributed by atoms with Gasteiger partial charge in [0.15, 0.2) is 11.5 Å². The number of nitrogens with one attached hydrogen (secondary N) is 2. The zero-order chi connectivity index (χ0) is 41.0. The predicted molar refractivity (Wildman–Crippen MR) is 210 cm³/mol. The van der Waals surface area contributed by atoms with Crippen LogP contribution in [0.1, 0.15) is 130 Å². The minimum absolute atomic E-state index is 0.0280. The average molecular weight is 803 g/mol. The van der Waals surface area contributed by atoms with Crippen molar-refractivity contribution in [3.05, 3.63) is 80.4 Å². The van der Waals surface area contributed by atoms with Crippen molar-refractivity contribution < 1.29 is 40.8 Å². The van der Waals surface area contributed by atoms with Crippen molar-refractivity contribution in [3.8, 4) is 23.8 Å². The maximum atomic E-state index is 14.8. The summed E-state index contributed by atoms with van der Waals surface area (Å²) >= 11 is 0. The topological polar surface area (TPSA) is 191 Å². The van der Waals surface area contributed by atoms with Crippen LogP contribution >= 0.6 is 0 Å². The van der Waals surface area contributed by atoms with Crippen LogP contribution in [0.3, 0.4) is 0 Å². The number of nitrogens with zero attached hydrogens (tertiary/aromatic N) is 1. The number of benzene rings is 3. The fourth-order valence-corrected chi connectivity index (χ4v) is 11.0. The summed E-state index contributed by atoms with van der Waals surface area (Å²) in [5.74, 6) is -0.0404. The minimum Gasteiger partial charge on any atom is -0.744 e. The fraction of sp³-hybridized carbons (Fsp3) is 0.452. The fourth-order valence-electron chi connectivity index (χ4n) is 8.78. The number of ether oxygens (including phenoxy) is 1. The van der Waals surface area contributed by atoms with E-state index in [4.69, 9.17) is 16.2 Å². The summed E-state index contributed by atoms with van der Waals surface area (Å²) in [4.78, 5) is 28.6. The molecule has 56 heavy (non-hydrogen) atoms. The molecule has 14 heteroatoms. The molecule has 2 heterocycles. The molecule has 2 atom stereocenters. The lowest BCUT2D eigenvalue weighted by atomic mass is 9.69. The number of aromatic carboxylic acids is 1. The summed E-state index contributed by atoms with van der Waals surface area (Å²) in [5.41, 5.74) is 1.28. The molecule has 1 amide bonds. The molecule has 12 nitrogen and oxygen atoms in total. The Hall–Kier alpha value is -4.55. The van der Waals surface area contributed by atoms with Crippen molar-refractivity contribution in [1.29, 1.82) is 0 Å². The van der Waals surface area contributed by atoms with Crippen LogP contribution in [0.5, 0.6) is 11.5 Å². The van der Waals surface area contributed by atoms with E-state index in [1.54, 1.807) is 24.3 Å². The van der Waals surface area contributed by atoms with Crippen molar-refractivity contribution in [3.63, 3.8) is 0 Å². The van der Waals surface area contributed by atoms with Gasteiger partial charge in [0, 0.05) is 29.3 Å². The van der Waals surface area contributed by atoms with Crippen LogP contribution in [0.15, 0.2) is 51.2 Å². The number of carboxylic acids is 1. The summed E-state index contributed by atoms with van der Waals surface area (Å²) in [5, 5.41) is 13.2. The van der Waals surface area contributed by atoms with Crippen molar-refractivity contribution >= 4 is 37.6 Å². The number of rotatable bonds is 12. The molecule has 3 aromatic rings. The number of carbonyl (C=O) groups is 2. The second kappa shape index (κ2) is 15.1. The van der Waals surface area contributed by atoms with E-state index in [2.05, 4.69) is 16.0 Å². The van der Waals surface area contributed by atoms with Crippen LogP contribution in [0.25, 0.3) is 5.57 Å². The van der Waals surface area contributed by atoms with Crippen LogP contribution in [0.2, 0.25) is 0 Å². The Kier molecular flexibility index (Phi) is 11.1. The van der Waals surface area contributed by atoms with Gasteiger partial charge in [0.05, 0.1) is 23.0 Å². The summed E-state index contributed by atoms with van der Waals surface area (Å²) in [6.07, 6.45) is 8.54. The number of unbranched alkanes of at least 4 members (excludes halogenated alkanes) is 2. The number of hydrogen-bond acceptors (Lipinski definition) is 9. The van der Waals surface area contributed by atoms with Crippen LogP contribution in [-0.2, 0) is 31.4 Å². The van der Waals surface area contributed by atoms with Crippen LogP contribution in [0.4, 0.5) is 0 Å². The van der Waals surface area contributed by atoms with E-state index in [1.807, 2.05) is 47.6 Å². The number of carboxylic acid groups (broad SMARTS) is 1. The first-order valence-corrected chi connectivity index (χ1v) is 21.7. The quantitative estimate of drug-likeness (QED) is 0.0981. The molecule has 6 rings (SSSR count). The van der Waals surface area contributed by atoms with E-state index in [0.717, 1.165) is 12.0 Å². The van der Waals surface area contributed by atoms with E-state index in [0.29, 0.717) is 43.2 Å². The SMILES string of the molecule is C#CCNC(=O)CCCCCNS(=O)(=O)c1c2c(cc3c1Oc1c(S(=O)(=O)[O-])c4c(cc1=C3c1ccccc1C(=O)O)C(C)CC(C)(C)N=4)C(C)CC(C)(C)C2. The molecule has 0 spiro atoms. The number of terminal acetylenes is 1. The van der Waals surface area contributed by atoms with Crippen LogP contribution in [0, 0.1) is 17.8 Å². The third-order valence-corrected chi connectivity index (χ3v) is 13.3. The third-order valence-electron chi connectivity index (χ3n) is 10.9. The molecule has 1 aliphatic carbocycles. The van der Waals surface area contributed by atoms with Gasteiger partial charge in [-0.3, -0.25) is 9.79 Å². The highest BCUT2D eigenvalue weighted by Gasteiger charge is 2.41. The predicted octanol–water partition coefficient (Wildman–Crippen LogP) is 5.21. The molecule has 0 fully saturated rings. The van der Waals surface area contributed by atoms with E-state index >= 15 is 0 Å². The standard InChI is InChI=1S/C42H49N3O9S2/c1-8-17-43-33(46)16-10-9-13-18-44-55(49,50)38-32-23-41(4,5)21-24(2)28(32)19-30-34(26-14-11-12-15-27(26)40(47)48)31-20-29-25(3)22-42(6,7)45-35(29)39(56(51,52)53)37(31)54-36(30)38/h1,11-12,14-15,19-20,24-25,44H,9-10,13,16-18,21-23H2,2-7H3,(H,43,46)(H,47,48)(H,51,52,53)/p-1. The van der Waals surface area contributed by atoms with Gasteiger partial charge in [0.1, 0.15) is 19.9 Å². The number of sulfonamides is 1. The monoisotopic (exact) mass is 802 g/mol. The lowest BCUT2D eigenvalue weighted by Crippen LogP contribution is -2.38. The molecule has 0 bridgehead atoms. The van der Waals surface area contributed by atoms with E-state index in [-0.39, 0.29) is 86.2 Å². The zero-order valence-electron chi connectivity index (χ0n) is 32.5. The van der Waals surface area contributed by atoms with Crippen molar-refractivity contribution in [2.75, 3.05) is 13.1 Å². The van der Waals surface area contributed by atoms with Gasteiger partial charge in [0.25, 0.3) is 0 Å².